The van der Waals surface area contributed by atoms with Crippen LogP contribution in [-0.2, 0) is 13.1 Å². The molecule has 2 aromatic heterocycles. The molecule has 1 aliphatic heterocycles. The van der Waals surface area contributed by atoms with Gasteiger partial charge in [0.2, 0.25) is 0 Å². The van der Waals surface area contributed by atoms with Gasteiger partial charge in [-0.1, -0.05) is 23.4 Å². The van der Waals surface area contributed by atoms with Crippen molar-refractivity contribution >= 4 is 16.9 Å². The largest absolute Gasteiger partial charge is 0.459 e. The van der Waals surface area contributed by atoms with Crippen LogP contribution in [0.4, 0.5) is 0 Å². The van der Waals surface area contributed by atoms with Crippen LogP contribution in [0.2, 0.25) is 0 Å². The zero-order chi connectivity index (χ0) is 17.9. The highest BCUT2D eigenvalue weighted by atomic mass is 16.3. The van der Waals surface area contributed by atoms with Crippen molar-refractivity contribution in [1.29, 1.82) is 0 Å². The number of furan rings is 1. The molecule has 7 nitrogen and oxygen atoms in total. The fraction of sp³-hybridized carbons (Fsp3) is 0.421. The summed E-state index contributed by atoms with van der Waals surface area (Å²) in [6, 6.07) is 7.87. The SMILES string of the molecule is Cc1c(CNC(=O)c2cn(C[C@H]3CCCNC3)nn2)oc2ccccc12. The highest BCUT2D eigenvalue weighted by molar-refractivity contribution is 5.92. The number of carbonyl (C=O) groups excluding carboxylic acids is 1. The Morgan fingerprint density at radius 2 is 2.31 bits per heavy atom. The molecule has 3 aromatic rings. The van der Waals surface area contributed by atoms with Gasteiger partial charge in [0, 0.05) is 17.5 Å². The Balaban J connectivity index is 1.38. The second-order valence-corrected chi connectivity index (χ2v) is 6.87. The number of piperidine rings is 1. The van der Waals surface area contributed by atoms with Crippen molar-refractivity contribution in [1.82, 2.24) is 25.6 Å². The second kappa shape index (κ2) is 7.29. The van der Waals surface area contributed by atoms with Crippen molar-refractivity contribution in [2.45, 2.75) is 32.9 Å². The van der Waals surface area contributed by atoms with Gasteiger partial charge in [-0.2, -0.15) is 0 Å². The molecule has 1 aromatic carbocycles. The summed E-state index contributed by atoms with van der Waals surface area (Å²) in [7, 11) is 0. The zero-order valence-electron chi connectivity index (χ0n) is 14.9. The Labute approximate surface area is 151 Å². The normalized spacial score (nSPS) is 17.5. The maximum absolute atomic E-state index is 12.4. The van der Waals surface area contributed by atoms with Crippen LogP contribution in [0.1, 0.15) is 34.7 Å². The lowest BCUT2D eigenvalue weighted by Crippen LogP contribution is -2.32. The number of nitrogens with zero attached hydrogens (tertiary/aromatic N) is 3. The van der Waals surface area contributed by atoms with Crippen molar-refractivity contribution in [2.24, 2.45) is 5.92 Å². The Kier molecular flexibility index (Phi) is 4.71. The number of benzene rings is 1. The number of aryl methyl sites for hydroxylation is 1. The first-order valence-corrected chi connectivity index (χ1v) is 9.07. The van der Waals surface area contributed by atoms with Crippen molar-refractivity contribution in [3.63, 3.8) is 0 Å². The molecule has 26 heavy (non-hydrogen) atoms. The number of fused-ring (bicyclic) bond motifs is 1. The van der Waals surface area contributed by atoms with Crippen LogP contribution in [0.5, 0.6) is 0 Å². The summed E-state index contributed by atoms with van der Waals surface area (Å²) in [6.45, 7) is 5.20. The number of carbonyl (C=O) groups is 1. The van der Waals surface area contributed by atoms with E-state index >= 15 is 0 Å². The van der Waals surface area contributed by atoms with Gasteiger partial charge < -0.3 is 15.1 Å². The summed E-state index contributed by atoms with van der Waals surface area (Å²) in [5.74, 6) is 1.07. The third-order valence-corrected chi connectivity index (χ3v) is 4.97. The van der Waals surface area contributed by atoms with Crippen molar-refractivity contribution in [3.05, 3.63) is 47.5 Å². The fourth-order valence-corrected chi connectivity index (χ4v) is 3.48. The summed E-state index contributed by atoms with van der Waals surface area (Å²) in [4.78, 5) is 12.4. The number of nitrogens with one attached hydrogen (secondary N) is 2. The lowest BCUT2D eigenvalue weighted by atomic mass is 10.00. The van der Waals surface area contributed by atoms with Crippen LogP contribution in [0.25, 0.3) is 11.0 Å². The first kappa shape index (κ1) is 16.8. The molecule has 0 spiro atoms. The minimum atomic E-state index is -0.238. The number of amides is 1. The molecular weight excluding hydrogens is 330 g/mol. The summed E-state index contributed by atoms with van der Waals surface area (Å²) < 4.78 is 7.59. The van der Waals surface area contributed by atoms with E-state index in [1.54, 1.807) is 10.9 Å². The number of rotatable bonds is 5. The summed E-state index contributed by atoms with van der Waals surface area (Å²) >= 11 is 0. The first-order valence-electron chi connectivity index (χ1n) is 9.07. The summed E-state index contributed by atoms with van der Waals surface area (Å²) in [5, 5.41) is 15.4. The lowest BCUT2D eigenvalue weighted by Gasteiger charge is -2.22. The topological polar surface area (TPSA) is 85.0 Å². The Morgan fingerprint density at radius 3 is 3.12 bits per heavy atom. The number of hydrogen-bond donors (Lipinski definition) is 2. The smallest absolute Gasteiger partial charge is 0.273 e. The van der Waals surface area contributed by atoms with Gasteiger partial charge >= 0.3 is 0 Å². The van der Waals surface area contributed by atoms with Gasteiger partial charge in [-0.25, -0.2) is 0 Å². The van der Waals surface area contributed by atoms with Gasteiger partial charge in [0.25, 0.3) is 5.91 Å². The molecule has 0 saturated carbocycles. The molecule has 0 bridgehead atoms. The molecule has 0 aliphatic carbocycles. The van der Waals surface area contributed by atoms with Crippen LogP contribution < -0.4 is 10.6 Å². The highest BCUT2D eigenvalue weighted by Crippen LogP contribution is 2.24. The van der Waals surface area contributed by atoms with E-state index in [1.165, 1.54) is 12.8 Å². The summed E-state index contributed by atoms with van der Waals surface area (Å²) in [6.07, 6.45) is 4.08. The number of aromatic nitrogens is 3. The van der Waals surface area contributed by atoms with Gasteiger partial charge in [0.1, 0.15) is 11.3 Å². The van der Waals surface area contributed by atoms with Crippen molar-refractivity contribution in [3.8, 4) is 0 Å². The second-order valence-electron chi connectivity index (χ2n) is 6.87. The quantitative estimate of drug-likeness (QED) is 0.735. The van der Waals surface area contributed by atoms with Gasteiger partial charge in [-0.05, 0) is 44.8 Å². The van der Waals surface area contributed by atoms with Crippen LogP contribution >= 0.6 is 0 Å². The van der Waals surface area contributed by atoms with Gasteiger partial charge in [0.05, 0.1) is 12.7 Å². The average molecular weight is 353 g/mol. The minimum absolute atomic E-state index is 0.238. The highest BCUT2D eigenvalue weighted by Gasteiger charge is 2.17. The predicted octanol–water partition coefficient (Wildman–Crippen LogP) is 2.26. The third-order valence-electron chi connectivity index (χ3n) is 4.97. The molecule has 3 heterocycles. The molecule has 4 rings (SSSR count). The minimum Gasteiger partial charge on any atom is -0.459 e. The Bertz CT molecular complexity index is 908. The molecule has 1 amide bonds. The molecule has 1 saturated heterocycles. The van der Waals surface area contributed by atoms with Gasteiger partial charge in [0.15, 0.2) is 5.69 Å². The lowest BCUT2D eigenvalue weighted by molar-refractivity contribution is 0.0943. The third kappa shape index (κ3) is 3.48. The maximum Gasteiger partial charge on any atom is 0.273 e. The Hall–Kier alpha value is -2.67. The molecule has 1 atom stereocenters. The van der Waals surface area contributed by atoms with Crippen LogP contribution in [0.15, 0.2) is 34.9 Å². The molecular formula is C19H23N5O2. The number of hydrogen-bond acceptors (Lipinski definition) is 5. The van der Waals surface area contributed by atoms with E-state index in [0.29, 0.717) is 18.2 Å². The fourth-order valence-electron chi connectivity index (χ4n) is 3.48. The van der Waals surface area contributed by atoms with E-state index in [1.807, 2.05) is 31.2 Å². The summed E-state index contributed by atoms with van der Waals surface area (Å²) in [5.41, 5.74) is 2.22. The van der Waals surface area contributed by atoms with Crippen LogP contribution in [-0.4, -0.2) is 34.0 Å². The molecule has 7 heteroatoms. The average Bonchev–Trinajstić information content (AvgIpc) is 3.26. The molecule has 0 unspecified atom stereocenters. The molecule has 0 radical (unpaired) electrons. The maximum atomic E-state index is 12.4. The van der Waals surface area contributed by atoms with E-state index in [9.17, 15) is 4.79 Å². The van der Waals surface area contributed by atoms with E-state index < -0.39 is 0 Å². The van der Waals surface area contributed by atoms with E-state index in [0.717, 1.165) is 41.9 Å². The molecule has 1 aliphatic rings. The van der Waals surface area contributed by atoms with E-state index in [4.69, 9.17) is 4.42 Å². The molecule has 136 valence electrons. The van der Waals surface area contributed by atoms with Gasteiger partial charge in [-0.15, -0.1) is 5.10 Å². The molecule has 2 N–H and O–H groups in total. The van der Waals surface area contributed by atoms with Gasteiger partial charge in [-0.3, -0.25) is 9.48 Å². The first-order chi connectivity index (χ1) is 12.7. The van der Waals surface area contributed by atoms with Crippen LogP contribution in [0.3, 0.4) is 0 Å². The predicted molar refractivity (Wildman–Crippen MR) is 97.7 cm³/mol. The monoisotopic (exact) mass is 353 g/mol. The Morgan fingerprint density at radius 1 is 1.42 bits per heavy atom. The van der Waals surface area contributed by atoms with Crippen LogP contribution in [0, 0.1) is 12.8 Å². The van der Waals surface area contributed by atoms with Crippen molar-refractivity contribution < 1.29 is 9.21 Å². The zero-order valence-corrected chi connectivity index (χ0v) is 14.9. The molecule has 1 fully saturated rings. The number of para-hydroxylation sites is 1. The van der Waals surface area contributed by atoms with E-state index in [2.05, 4.69) is 20.9 Å². The standard InChI is InChI=1S/C19H23N5O2/c1-13-15-6-2-3-7-17(15)26-18(13)10-21-19(25)16-12-24(23-22-16)11-14-5-4-8-20-9-14/h2-3,6-7,12,14,20H,4-5,8-11H2,1H3,(H,21,25)/t14-/m0/s1. The van der Waals surface area contributed by atoms with Crippen molar-refractivity contribution in [2.75, 3.05) is 13.1 Å². The van der Waals surface area contributed by atoms with E-state index in [-0.39, 0.29) is 5.91 Å².